The molecule has 2 saturated heterocycles. The van der Waals surface area contributed by atoms with Gasteiger partial charge in [0.25, 0.3) is 11.8 Å². The van der Waals surface area contributed by atoms with Crippen LogP contribution in [-0.2, 0) is 16.0 Å². The lowest BCUT2D eigenvalue weighted by atomic mass is 10.1. The number of nitrogens with zero attached hydrogens (tertiary/aromatic N) is 2. The summed E-state index contributed by atoms with van der Waals surface area (Å²) in [5, 5.41) is 2.92. The first-order valence-corrected chi connectivity index (χ1v) is 10.4. The van der Waals surface area contributed by atoms with Crippen LogP contribution in [0.3, 0.4) is 0 Å². The van der Waals surface area contributed by atoms with Gasteiger partial charge < -0.3 is 19.7 Å². The van der Waals surface area contributed by atoms with Gasteiger partial charge in [-0.1, -0.05) is 18.2 Å². The van der Waals surface area contributed by atoms with Crippen molar-refractivity contribution in [2.24, 2.45) is 0 Å². The number of anilines is 1. The summed E-state index contributed by atoms with van der Waals surface area (Å²) in [5.74, 6) is -0.225. The fourth-order valence-corrected chi connectivity index (χ4v) is 3.71. The maximum Gasteiger partial charge on any atom is 0.255 e. The number of carbonyl (C=O) groups excluding carboxylic acids is 2. The van der Waals surface area contributed by atoms with Crippen molar-refractivity contribution < 1.29 is 19.1 Å². The van der Waals surface area contributed by atoms with Gasteiger partial charge in [0.2, 0.25) is 0 Å². The van der Waals surface area contributed by atoms with Gasteiger partial charge in [0.05, 0.1) is 26.4 Å². The lowest BCUT2D eigenvalue weighted by Gasteiger charge is -2.27. The number of morpholine rings is 2. The summed E-state index contributed by atoms with van der Waals surface area (Å²) in [5.41, 5.74) is 2.87. The Hall–Kier alpha value is -2.74. The predicted molar refractivity (Wildman–Crippen MR) is 114 cm³/mol. The molecule has 0 bridgehead atoms. The number of rotatable bonds is 5. The van der Waals surface area contributed by atoms with Gasteiger partial charge in [0.15, 0.2) is 0 Å². The Morgan fingerprint density at radius 2 is 1.50 bits per heavy atom. The third kappa shape index (κ3) is 5.24. The highest BCUT2D eigenvalue weighted by Gasteiger charge is 2.19. The van der Waals surface area contributed by atoms with Crippen molar-refractivity contribution in [3.63, 3.8) is 0 Å². The summed E-state index contributed by atoms with van der Waals surface area (Å²) in [6.45, 7) is 6.40. The fraction of sp³-hybridized carbons (Fsp3) is 0.391. The average molecular weight is 409 g/mol. The molecular weight excluding hydrogens is 382 g/mol. The zero-order valence-electron chi connectivity index (χ0n) is 17.0. The second-order valence-corrected chi connectivity index (χ2v) is 7.53. The van der Waals surface area contributed by atoms with Crippen molar-refractivity contribution in [3.8, 4) is 0 Å². The molecule has 2 aliphatic rings. The minimum atomic E-state index is -0.185. The molecule has 0 saturated carbocycles. The van der Waals surface area contributed by atoms with Gasteiger partial charge >= 0.3 is 0 Å². The van der Waals surface area contributed by atoms with Gasteiger partial charge in [-0.25, -0.2) is 0 Å². The minimum absolute atomic E-state index is 0.0399. The quantitative estimate of drug-likeness (QED) is 0.820. The Labute approximate surface area is 176 Å². The zero-order valence-corrected chi connectivity index (χ0v) is 17.0. The molecule has 0 aromatic heterocycles. The molecule has 2 heterocycles. The lowest BCUT2D eigenvalue weighted by molar-refractivity contribution is 0.0303. The standard InChI is InChI=1S/C23H27N3O4/c27-22(19-4-1-3-18(15-19)17-25-7-11-29-12-8-25)24-21-6-2-5-20(16-21)23(28)26-9-13-30-14-10-26/h1-6,15-16H,7-14,17H2,(H,24,27). The highest BCUT2D eigenvalue weighted by Crippen LogP contribution is 2.16. The van der Waals surface area contributed by atoms with E-state index in [9.17, 15) is 9.59 Å². The Balaban J connectivity index is 1.41. The molecule has 2 aliphatic heterocycles. The highest BCUT2D eigenvalue weighted by atomic mass is 16.5. The van der Waals surface area contributed by atoms with E-state index >= 15 is 0 Å². The first-order valence-electron chi connectivity index (χ1n) is 10.4. The van der Waals surface area contributed by atoms with Crippen molar-refractivity contribution in [1.82, 2.24) is 9.80 Å². The SMILES string of the molecule is O=C(Nc1cccc(C(=O)N2CCOCC2)c1)c1cccc(CN2CCOCC2)c1. The Kier molecular flexibility index (Phi) is 6.74. The summed E-state index contributed by atoms with van der Waals surface area (Å²) in [6.07, 6.45) is 0. The fourth-order valence-electron chi connectivity index (χ4n) is 3.71. The third-order valence-electron chi connectivity index (χ3n) is 5.36. The smallest absolute Gasteiger partial charge is 0.255 e. The first-order chi connectivity index (χ1) is 14.7. The molecule has 2 fully saturated rings. The zero-order chi connectivity index (χ0) is 20.8. The molecule has 0 atom stereocenters. The molecule has 4 rings (SSSR count). The molecule has 2 aromatic carbocycles. The summed E-state index contributed by atoms with van der Waals surface area (Å²) in [7, 11) is 0. The third-order valence-corrected chi connectivity index (χ3v) is 5.36. The largest absolute Gasteiger partial charge is 0.379 e. The number of amides is 2. The summed E-state index contributed by atoms with van der Waals surface area (Å²) >= 11 is 0. The van der Waals surface area contributed by atoms with Crippen LogP contribution in [0.15, 0.2) is 48.5 Å². The van der Waals surface area contributed by atoms with E-state index < -0.39 is 0 Å². The molecule has 0 spiro atoms. The van der Waals surface area contributed by atoms with Crippen LogP contribution in [0.25, 0.3) is 0 Å². The monoisotopic (exact) mass is 409 g/mol. The van der Waals surface area contributed by atoms with Crippen LogP contribution in [0.4, 0.5) is 5.69 Å². The second kappa shape index (κ2) is 9.84. The normalized spacial score (nSPS) is 17.5. The molecule has 158 valence electrons. The van der Waals surface area contributed by atoms with E-state index in [0.717, 1.165) is 38.4 Å². The topological polar surface area (TPSA) is 71.1 Å². The molecule has 30 heavy (non-hydrogen) atoms. The van der Waals surface area contributed by atoms with E-state index in [-0.39, 0.29) is 11.8 Å². The van der Waals surface area contributed by atoms with Crippen LogP contribution in [-0.4, -0.2) is 74.2 Å². The number of benzene rings is 2. The van der Waals surface area contributed by atoms with Crippen molar-refractivity contribution in [3.05, 3.63) is 65.2 Å². The van der Waals surface area contributed by atoms with Crippen LogP contribution >= 0.6 is 0 Å². The van der Waals surface area contributed by atoms with Crippen molar-refractivity contribution >= 4 is 17.5 Å². The van der Waals surface area contributed by atoms with Crippen molar-refractivity contribution in [2.75, 3.05) is 57.9 Å². The van der Waals surface area contributed by atoms with Crippen LogP contribution in [0.1, 0.15) is 26.3 Å². The number of hydrogen-bond donors (Lipinski definition) is 1. The van der Waals surface area contributed by atoms with E-state index in [2.05, 4.69) is 10.2 Å². The molecule has 0 unspecified atom stereocenters. The predicted octanol–water partition coefficient (Wildman–Crippen LogP) is 2.24. The number of hydrogen-bond acceptors (Lipinski definition) is 5. The molecular formula is C23H27N3O4. The van der Waals surface area contributed by atoms with Gasteiger partial charge in [-0.2, -0.15) is 0 Å². The number of nitrogens with one attached hydrogen (secondary N) is 1. The molecule has 7 heteroatoms. The van der Waals surface area contributed by atoms with E-state index in [4.69, 9.17) is 9.47 Å². The molecule has 7 nitrogen and oxygen atoms in total. The Morgan fingerprint density at radius 3 is 2.27 bits per heavy atom. The van der Waals surface area contributed by atoms with E-state index in [0.29, 0.717) is 43.1 Å². The average Bonchev–Trinajstić information content (AvgIpc) is 2.80. The molecule has 1 N–H and O–H groups in total. The number of ether oxygens (including phenoxy) is 2. The first kappa shape index (κ1) is 20.5. The summed E-state index contributed by atoms with van der Waals surface area (Å²) < 4.78 is 10.7. The van der Waals surface area contributed by atoms with Crippen LogP contribution < -0.4 is 5.32 Å². The van der Waals surface area contributed by atoms with Gasteiger partial charge in [0.1, 0.15) is 0 Å². The second-order valence-electron chi connectivity index (χ2n) is 7.53. The molecule has 0 radical (unpaired) electrons. The minimum Gasteiger partial charge on any atom is -0.379 e. The van der Waals surface area contributed by atoms with Gasteiger partial charge in [-0.05, 0) is 35.9 Å². The van der Waals surface area contributed by atoms with Crippen LogP contribution in [0.2, 0.25) is 0 Å². The maximum atomic E-state index is 12.8. The van der Waals surface area contributed by atoms with Gasteiger partial charge in [-0.15, -0.1) is 0 Å². The molecule has 2 aromatic rings. The summed E-state index contributed by atoms with van der Waals surface area (Å²) in [4.78, 5) is 29.6. The van der Waals surface area contributed by atoms with Crippen LogP contribution in [0.5, 0.6) is 0 Å². The lowest BCUT2D eigenvalue weighted by Crippen LogP contribution is -2.40. The van der Waals surface area contributed by atoms with Crippen molar-refractivity contribution in [1.29, 1.82) is 0 Å². The molecule has 2 amide bonds. The van der Waals surface area contributed by atoms with E-state index in [1.807, 2.05) is 18.2 Å². The van der Waals surface area contributed by atoms with Crippen LogP contribution in [0, 0.1) is 0 Å². The van der Waals surface area contributed by atoms with Gasteiger partial charge in [-0.3, -0.25) is 14.5 Å². The Bertz CT molecular complexity index is 890. The Morgan fingerprint density at radius 1 is 0.833 bits per heavy atom. The van der Waals surface area contributed by atoms with E-state index in [1.165, 1.54) is 0 Å². The summed E-state index contributed by atoms with van der Waals surface area (Å²) in [6, 6.07) is 14.8. The van der Waals surface area contributed by atoms with E-state index in [1.54, 1.807) is 35.2 Å². The molecule has 0 aliphatic carbocycles. The van der Waals surface area contributed by atoms with Gasteiger partial charge in [0, 0.05) is 49.5 Å². The number of carbonyl (C=O) groups is 2. The highest BCUT2D eigenvalue weighted by molar-refractivity contribution is 6.05. The maximum absolute atomic E-state index is 12.8. The van der Waals surface area contributed by atoms with Crippen molar-refractivity contribution in [2.45, 2.75) is 6.54 Å².